The van der Waals surface area contributed by atoms with Gasteiger partial charge in [0.1, 0.15) is 0 Å². The van der Waals surface area contributed by atoms with E-state index < -0.39 is 8.15 Å². The summed E-state index contributed by atoms with van der Waals surface area (Å²) in [5.74, 6) is 0. The summed E-state index contributed by atoms with van der Waals surface area (Å²) < 4.78 is 5.59. The van der Waals surface area contributed by atoms with E-state index in [0.717, 1.165) is 0 Å². The van der Waals surface area contributed by atoms with Gasteiger partial charge in [-0.05, 0) is 0 Å². The summed E-state index contributed by atoms with van der Waals surface area (Å²) in [6, 6.07) is 20.7. The molecule has 0 amide bonds. The first-order valence-electron chi connectivity index (χ1n) is 8.86. The minimum absolute atomic E-state index is 0.649. The second-order valence-corrected chi connectivity index (χ2v) is 5.13. The van der Waals surface area contributed by atoms with Gasteiger partial charge in [0, 0.05) is 17.7 Å². The Morgan fingerprint density at radius 1 is 0.522 bits per heavy atom. The van der Waals surface area contributed by atoms with E-state index in [2.05, 4.69) is 24.3 Å². The average Bonchev–Trinajstić information content (AvgIpc) is 2.70. The van der Waals surface area contributed by atoms with Crippen LogP contribution in [0.4, 0.5) is 0 Å². The van der Waals surface area contributed by atoms with E-state index in [0.29, 0.717) is 0 Å². The zero-order chi connectivity index (χ0) is 18.5. The molecule has 0 fully saturated rings. The van der Waals surface area contributed by atoms with Crippen molar-refractivity contribution in [1.29, 1.82) is 0 Å². The first-order chi connectivity index (χ1) is 11.4. The van der Waals surface area contributed by atoms with Gasteiger partial charge < -0.3 is 4.52 Å². The summed E-state index contributed by atoms with van der Waals surface area (Å²) in [6.07, 6.45) is 0. The van der Waals surface area contributed by atoms with Gasteiger partial charge >= 0.3 is 0 Å². The van der Waals surface area contributed by atoms with Crippen LogP contribution in [0.2, 0.25) is 0 Å². The quantitative estimate of drug-likeness (QED) is 0.561. The SMILES string of the molecule is CC.CC.CC.CC.COP(c1ccccc1)c1ccccc1. The lowest BCUT2D eigenvalue weighted by Gasteiger charge is -2.15. The van der Waals surface area contributed by atoms with Crippen LogP contribution in [0.5, 0.6) is 0 Å². The monoisotopic (exact) mass is 336 g/mol. The fourth-order valence-electron chi connectivity index (χ4n) is 1.49. The highest BCUT2D eigenvalue weighted by Crippen LogP contribution is 2.32. The molecule has 1 nitrogen and oxygen atoms in total. The van der Waals surface area contributed by atoms with Gasteiger partial charge in [-0.3, -0.25) is 0 Å². The van der Waals surface area contributed by atoms with Crippen LogP contribution in [0, 0.1) is 0 Å². The first-order valence-corrected chi connectivity index (χ1v) is 10.1. The smallest absolute Gasteiger partial charge is 0.0913 e. The molecule has 0 aliphatic carbocycles. The second-order valence-electron chi connectivity index (χ2n) is 3.15. The summed E-state index contributed by atoms with van der Waals surface area (Å²) in [5.41, 5.74) is 0. The van der Waals surface area contributed by atoms with Gasteiger partial charge in [0.05, 0.1) is 8.15 Å². The highest BCUT2D eigenvalue weighted by atomic mass is 31.1. The third-order valence-electron chi connectivity index (χ3n) is 2.16. The highest BCUT2D eigenvalue weighted by Gasteiger charge is 2.11. The fourth-order valence-corrected chi connectivity index (χ4v) is 3.09. The molecule has 2 rings (SSSR count). The van der Waals surface area contributed by atoms with Crippen LogP contribution in [0.3, 0.4) is 0 Å². The van der Waals surface area contributed by atoms with Gasteiger partial charge in [0.15, 0.2) is 0 Å². The standard InChI is InChI=1S/C13H13OP.4C2H6/c1-14-15(12-8-4-2-5-9-12)13-10-6-3-7-11-13;4*1-2/h2-11H,1H3;4*1-2H3. The number of benzene rings is 2. The first kappa shape index (κ1) is 26.7. The van der Waals surface area contributed by atoms with Crippen LogP contribution >= 0.6 is 8.15 Å². The molecular formula is C21H37OP. The van der Waals surface area contributed by atoms with Crippen molar-refractivity contribution in [2.45, 2.75) is 55.4 Å². The van der Waals surface area contributed by atoms with E-state index in [4.69, 9.17) is 4.52 Å². The zero-order valence-corrected chi connectivity index (χ0v) is 17.5. The van der Waals surface area contributed by atoms with Crippen molar-refractivity contribution in [2.75, 3.05) is 7.11 Å². The topological polar surface area (TPSA) is 9.23 Å². The van der Waals surface area contributed by atoms with Crippen molar-refractivity contribution in [3.05, 3.63) is 60.7 Å². The summed E-state index contributed by atoms with van der Waals surface area (Å²) in [5, 5.41) is 2.50. The molecule has 0 N–H and O–H groups in total. The number of hydrogen-bond acceptors (Lipinski definition) is 1. The van der Waals surface area contributed by atoms with Crippen molar-refractivity contribution in [3.8, 4) is 0 Å². The molecule has 2 heteroatoms. The van der Waals surface area contributed by atoms with E-state index in [1.165, 1.54) is 10.6 Å². The molecule has 0 saturated carbocycles. The molecular weight excluding hydrogens is 299 g/mol. The maximum Gasteiger partial charge on any atom is 0.0913 e. The predicted molar refractivity (Wildman–Crippen MR) is 111 cm³/mol. The minimum atomic E-state index is -0.649. The van der Waals surface area contributed by atoms with Crippen molar-refractivity contribution in [3.63, 3.8) is 0 Å². The van der Waals surface area contributed by atoms with Crippen molar-refractivity contribution in [2.24, 2.45) is 0 Å². The van der Waals surface area contributed by atoms with Gasteiger partial charge in [-0.2, -0.15) is 0 Å². The molecule has 0 unspecified atom stereocenters. The van der Waals surface area contributed by atoms with E-state index in [1.54, 1.807) is 7.11 Å². The summed E-state index contributed by atoms with van der Waals surface area (Å²) in [6.45, 7) is 16.0. The molecule has 2 aromatic rings. The number of rotatable bonds is 3. The summed E-state index contributed by atoms with van der Waals surface area (Å²) in [7, 11) is 1.12. The molecule has 132 valence electrons. The predicted octanol–water partition coefficient (Wildman–Crippen LogP) is 6.79. The average molecular weight is 337 g/mol. The third kappa shape index (κ3) is 12.0. The van der Waals surface area contributed by atoms with Gasteiger partial charge in [-0.1, -0.05) is 116 Å². The normalized spacial score (nSPS) is 7.91. The molecule has 0 aliphatic rings. The zero-order valence-electron chi connectivity index (χ0n) is 16.6. The van der Waals surface area contributed by atoms with E-state index in [1.807, 2.05) is 91.8 Å². The molecule has 2 aromatic carbocycles. The minimum Gasteiger partial charge on any atom is -0.353 e. The Morgan fingerprint density at radius 3 is 1.00 bits per heavy atom. The van der Waals surface area contributed by atoms with Crippen molar-refractivity contribution in [1.82, 2.24) is 0 Å². The van der Waals surface area contributed by atoms with E-state index in [-0.39, 0.29) is 0 Å². The van der Waals surface area contributed by atoms with Gasteiger partial charge in [-0.25, -0.2) is 0 Å². The largest absolute Gasteiger partial charge is 0.353 e. The molecule has 23 heavy (non-hydrogen) atoms. The lowest BCUT2D eigenvalue weighted by atomic mass is 10.4. The summed E-state index contributed by atoms with van der Waals surface area (Å²) >= 11 is 0. The van der Waals surface area contributed by atoms with E-state index in [9.17, 15) is 0 Å². The van der Waals surface area contributed by atoms with Crippen LogP contribution in [0.15, 0.2) is 60.7 Å². The Morgan fingerprint density at radius 2 is 0.783 bits per heavy atom. The lowest BCUT2D eigenvalue weighted by molar-refractivity contribution is 0.474. The Kier molecular flexibility index (Phi) is 26.8. The molecule has 0 bridgehead atoms. The Balaban J connectivity index is -0.000000438. The maximum absolute atomic E-state index is 5.59. The second kappa shape index (κ2) is 23.1. The maximum atomic E-state index is 5.59. The fraction of sp³-hybridized carbons (Fsp3) is 0.429. The molecule has 0 saturated heterocycles. The van der Waals surface area contributed by atoms with Crippen molar-refractivity contribution >= 4 is 18.8 Å². The van der Waals surface area contributed by atoms with Gasteiger partial charge in [-0.15, -0.1) is 0 Å². The molecule has 0 aliphatic heterocycles. The molecule has 0 atom stereocenters. The van der Waals surface area contributed by atoms with Gasteiger partial charge in [0.25, 0.3) is 0 Å². The van der Waals surface area contributed by atoms with E-state index >= 15 is 0 Å². The van der Waals surface area contributed by atoms with Crippen LogP contribution < -0.4 is 10.6 Å². The van der Waals surface area contributed by atoms with Crippen molar-refractivity contribution < 1.29 is 4.52 Å². The molecule has 0 aromatic heterocycles. The number of hydrogen-bond donors (Lipinski definition) is 0. The lowest BCUT2D eigenvalue weighted by Crippen LogP contribution is -2.11. The van der Waals surface area contributed by atoms with Gasteiger partial charge in [0.2, 0.25) is 0 Å². The molecule has 0 radical (unpaired) electrons. The van der Waals surface area contributed by atoms with Crippen LogP contribution in [0.1, 0.15) is 55.4 Å². The molecule has 0 heterocycles. The highest BCUT2D eigenvalue weighted by molar-refractivity contribution is 7.68. The molecule has 0 spiro atoms. The van der Waals surface area contributed by atoms with Crippen LogP contribution in [-0.4, -0.2) is 7.11 Å². The third-order valence-corrected chi connectivity index (χ3v) is 4.06. The van der Waals surface area contributed by atoms with Crippen LogP contribution in [-0.2, 0) is 4.52 Å². The Labute approximate surface area is 146 Å². The summed E-state index contributed by atoms with van der Waals surface area (Å²) in [4.78, 5) is 0. The van der Waals surface area contributed by atoms with Crippen LogP contribution in [0.25, 0.3) is 0 Å². The Hall–Kier alpha value is -1.17. The Bertz CT molecular complexity index is 361.